The van der Waals surface area contributed by atoms with Crippen LogP contribution in [-0.2, 0) is 14.4 Å². The van der Waals surface area contributed by atoms with E-state index in [2.05, 4.69) is 22.5 Å². The second kappa shape index (κ2) is 11.6. The third-order valence-corrected chi connectivity index (χ3v) is 8.05. The van der Waals surface area contributed by atoms with Gasteiger partial charge in [0.15, 0.2) is 6.10 Å². The number of hydrogen-bond donors (Lipinski definition) is 5. The van der Waals surface area contributed by atoms with Crippen LogP contribution < -0.4 is 21.7 Å². The molecule has 1 saturated heterocycles. The molecule has 10 nitrogen and oxygen atoms in total. The average molecular weight is 506 g/mol. The van der Waals surface area contributed by atoms with Gasteiger partial charge >= 0.3 is 6.03 Å². The molecule has 0 aromatic carbocycles. The molecule has 36 heavy (non-hydrogen) atoms. The van der Waals surface area contributed by atoms with Crippen molar-refractivity contribution in [2.24, 2.45) is 28.9 Å². The molecule has 3 fully saturated rings. The molecule has 2 unspecified atom stereocenters. The van der Waals surface area contributed by atoms with Crippen LogP contribution in [0, 0.1) is 23.2 Å². The third kappa shape index (κ3) is 6.38. The SMILES string of the molecule is C=CCNC(=O)C(O)C(CC1CCC1)NC(=O)[C@@H]1[C@H]2CCC[C@H]2CN1C(=O)[C@@H](NC(N)=O)C(C)(C)C. The number of carbonyl (C=O) groups is 4. The van der Waals surface area contributed by atoms with Gasteiger partial charge in [0, 0.05) is 13.1 Å². The van der Waals surface area contributed by atoms with Gasteiger partial charge in [-0.15, -0.1) is 6.58 Å². The summed E-state index contributed by atoms with van der Waals surface area (Å²) in [4.78, 5) is 53.2. The minimum atomic E-state index is -1.40. The van der Waals surface area contributed by atoms with Crippen LogP contribution in [0.3, 0.4) is 0 Å². The summed E-state index contributed by atoms with van der Waals surface area (Å²) in [6, 6.07) is -3.16. The number of amides is 5. The number of hydrogen-bond acceptors (Lipinski definition) is 5. The zero-order chi connectivity index (χ0) is 26.6. The summed E-state index contributed by atoms with van der Waals surface area (Å²) in [5, 5.41) is 18.9. The Labute approximate surface area is 213 Å². The minimum absolute atomic E-state index is 0.000709. The van der Waals surface area contributed by atoms with E-state index >= 15 is 0 Å². The number of rotatable bonds is 10. The lowest BCUT2D eigenvalue weighted by atomic mass is 9.79. The normalized spacial score (nSPS) is 26.2. The number of fused-ring (bicyclic) bond motifs is 1. The van der Waals surface area contributed by atoms with Crippen molar-refractivity contribution in [3.63, 3.8) is 0 Å². The number of nitrogens with zero attached hydrogens (tertiary/aromatic N) is 1. The van der Waals surface area contributed by atoms with Crippen LogP contribution in [0.5, 0.6) is 0 Å². The Bertz CT molecular complexity index is 852. The number of primary amides is 1. The lowest BCUT2D eigenvalue weighted by Gasteiger charge is -2.37. The molecule has 2 saturated carbocycles. The van der Waals surface area contributed by atoms with Gasteiger partial charge in [0.05, 0.1) is 6.04 Å². The van der Waals surface area contributed by atoms with E-state index in [4.69, 9.17) is 5.73 Å². The van der Waals surface area contributed by atoms with E-state index < -0.39 is 41.6 Å². The summed E-state index contributed by atoms with van der Waals surface area (Å²) in [5.74, 6) is -0.720. The van der Waals surface area contributed by atoms with Crippen molar-refractivity contribution in [1.82, 2.24) is 20.9 Å². The van der Waals surface area contributed by atoms with Crippen molar-refractivity contribution in [2.45, 2.75) is 89.9 Å². The van der Waals surface area contributed by atoms with Gasteiger partial charge in [-0.05, 0) is 42.4 Å². The maximum atomic E-state index is 13.8. The zero-order valence-electron chi connectivity index (χ0n) is 21.8. The second-order valence-corrected chi connectivity index (χ2v) is 11.7. The van der Waals surface area contributed by atoms with Gasteiger partial charge in [-0.3, -0.25) is 14.4 Å². The van der Waals surface area contributed by atoms with Gasteiger partial charge in [0.25, 0.3) is 5.91 Å². The molecule has 3 rings (SSSR count). The second-order valence-electron chi connectivity index (χ2n) is 11.7. The smallest absolute Gasteiger partial charge is 0.312 e. The Morgan fingerprint density at radius 2 is 1.78 bits per heavy atom. The van der Waals surface area contributed by atoms with Crippen molar-refractivity contribution < 1.29 is 24.3 Å². The molecule has 6 atom stereocenters. The number of carbonyl (C=O) groups excluding carboxylic acids is 4. The first-order chi connectivity index (χ1) is 16.9. The first kappa shape index (κ1) is 28.0. The van der Waals surface area contributed by atoms with Crippen LogP contribution in [0.1, 0.15) is 65.7 Å². The first-order valence-corrected chi connectivity index (χ1v) is 13.2. The maximum absolute atomic E-state index is 13.8. The number of aliphatic hydroxyl groups excluding tert-OH is 1. The first-order valence-electron chi connectivity index (χ1n) is 13.2. The molecule has 202 valence electrons. The van der Waals surface area contributed by atoms with Gasteiger partial charge in [0.2, 0.25) is 11.8 Å². The van der Waals surface area contributed by atoms with Crippen molar-refractivity contribution >= 4 is 23.8 Å². The molecule has 1 aliphatic heterocycles. The lowest BCUT2D eigenvalue weighted by Crippen LogP contribution is -2.61. The molecule has 0 aromatic rings. The summed E-state index contributed by atoms with van der Waals surface area (Å²) in [6.45, 7) is 9.74. The Morgan fingerprint density at radius 3 is 2.33 bits per heavy atom. The van der Waals surface area contributed by atoms with Gasteiger partial charge in [-0.2, -0.15) is 0 Å². The molecule has 0 spiro atoms. The van der Waals surface area contributed by atoms with Gasteiger partial charge < -0.3 is 31.7 Å². The highest BCUT2D eigenvalue weighted by Crippen LogP contribution is 2.43. The van der Waals surface area contributed by atoms with E-state index in [1.54, 1.807) is 4.90 Å². The molecule has 10 heteroatoms. The van der Waals surface area contributed by atoms with Crippen molar-refractivity contribution in [3.05, 3.63) is 12.7 Å². The van der Waals surface area contributed by atoms with E-state index in [1.807, 2.05) is 20.8 Å². The van der Waals surface area contributed by atoms with Crippen LogP contribution >= 0.6 is 0 Å². The highest BCUT2D eigenvalue weighted by Gasteiger charge is 2.52. The summed E-state index contributed by atoms with van der Waals surface area (Å²) < 4.78 is 0. The van der Waals surface area contributed by atoms with Crippen LogP contribution in [-0.4, -0.2) is 71.1 Å². The summed E-state index contributed by atoms with van der Waals surface area (Å²) in [5.41, 5.74) is 4.75. The molecular weight excluding hydrogens is 462 g/mol. The quantitative estimate of drug-likeness (QED) is 0.281. The number of likely N-dealkylation sites (tertiary alicyclic amines) is 1. The maximum Gasteiger partial charge on any atom is 0.312 e. The van der Waals surface area contributed by atoms with Gasteiger partial charge in [-0.1, -0.05) is 52.5 Å². The Hall–Kier alpha value is -2.62. The summed E-state index contributed by atoms with van der Waals surface area (Å²) >= 11 is 0. The fourth-order valence-electron chi connectivity index (χ4n) is 5.91. The average Bonchev–Trinajstić information content (AvgIpc) is 3.36. The number of urea groups is 1. The summed E-state index contributed by atoms with van der Waals surface area (Å²) in [7, 11) is 0. The highest BCUT2D eigenvalue weighted by molar-refractivity contribution is 5.93. The van der Waals surface area contributed by atoms with E-state index in [9.17, 15) is 24.3 Å². The number of nitrogens with two attached hydrogens (primary N) is 1. The highest BCUT2D eigenvalue weighted by atomic mass is 16.3. The third-order valence-electron chi connectivity index (χ3n) is 8.05. The van der Waals surface area contributed by atoms with Crippen molar-refractivity contribution in [3.8, 4) is 0 Å². The van der Waals surface area contributed by atoms with E-state index in [-0.39, 0.29) is 30.2 Å². The largest absolute Gasteiger partial charge is 0.381 e. The predicted molar refractivity (Wildman–Crippen MR) is 135 cm³/mol. The van der Waals surface area contributed by atoms with Crippen LogP contribution in [0.4, 0.5) is 4.79 Å². The van der Waals surface area contributed by atoms with Crippen molar-refractivity contribution in [1.29, 1.82) is 0 Å². The molecule has 1 heterocycles. The fourth-order valence-corrected chi connectivity index (χ4v) is 5.91. The molecule has 6 N–H and O–H groups in total. The van der Waals surface area contributed by atoms with E-state index in [0.717, 1.165) is 38.5 Å². The zero-order valence-corrected chi connectivity index (χ0v) is 21.8. The molecular formula is C26H43N5O5. The monoisotopic (exact) mass is 505 g/mol. The molecule has 5 amide bonds. The number of nitrogens with one attached hydrogen (secondary N) is 3. The van der Waals surface area contributed by atoms with Gasteiger partial charge in [0.1, 0.15) is 12.1 Å². The molecule has 0 bridgehead atoms. The van der Waals surface area contributed by atoms with Crippen LogP contribution in [0.2, 0.25) is 0 Å². The Kier molecular flexibility index (Phi) is 9.03. The standard InChI is InChI=1S/C26H43N5O5/c1-5-12-28-23(34)20(32)18(13-15-8-6-9-15)29-22(33)19-17-11-7-10-16(17)14-31(19)24(35)21(26(2,3)4)30-25(27)36/h5,15-21,32H,1,6-14H2,2-4H3,(H,28,34)(H,29,33)(H3,27,30,36)/t16-,17-,18?,19-,20?,21+/m0/s1. The predicted octanol–water partition coefficient (Wildman–Crippen LogP) is 1.03. The van der Waals surface area contributed by atoms with E-state index in [0.29, 0.717) is 18.9 Å². The molecule has 3 aliphatic rings. The lowest BCUT2D eigenvalue weighted by molar-refractivity contribution is -0.144. The Morgan fingerprint density at radius 1 is 1.11 bits per heavy atom. The van der Waals surface area contributed by atoms with E-state index in [1.165, 1.54) is 6.08 Å². The summed E-state index contributed by atoms with van der Waals surface area (Å²) in [6.07, 6.45) is 6.45. The van der Waals surface area contributed by atoms with Crippen LogP contribution in [0.15, 0.2) is 12.7 Å². The number of aliphatic hydroxyl groups is 1. The molecule has 2 aliphatic carbocycles. The van der Waals surface area contributed by atoms with Gasteiger partial charge in [-0.25, -0.2) is 4.79 Å². The fraction of sp³-hybridized carbons (Fsp3) is 0.769. The Balaban J connectivity index is 1.82. The van der Waals surface area contributed by atoms with Crippen molar-refractivity contribution in [2.75, 3.05) is 13.1 Å². The molecule has 0 radical (unpaired) electrons. The molecule has 0 aromatic heterocycles. The topological polar surface area (TPSA) is 154 Å². The minimum Gasteiger partial charge on any atom is -0.381 e. The van der Waals surface area contributed by atoms with Crippen LogP contribution in [0.25, 0.3) is 0 Å².